The molecule has 2 N–H and O–H groups in total. The lowest BCUT2D eigenvalue weighted by Gasteiger charge is -2.09. The molecule has 0 aliphatic heterocycles. The number of aromatic nitrogens is 2. The van der Waals surface area contributed by atoms with Crippen LogP contribution in [0.1, 0.15) is 24.6 Å². The monoisotopic (exact) mass is 225 g/mol. The molecule has 90 valence electrons. The third kappa shape index (κ3) is 3.66. The van der Waals surface area contributed by atoms with E-state index < -0.39 is 0 Å². The highest BCUT2D eigenvalue weighted by molar-refractivity contribution is 5.80. The van der Waals surface area contributed by atoms with Crippen LogP contribution in [0.15, 0.2) is 6.20 Å². The van der Waals surface area contributed by atoms with Gasteiger partial charge < -0.3 is 10.1 Å². The third-order valence-corrected chi connectivity index (χ3v) is 2.58. The maximum atomic E-state index is 11.3. The van der Waals surface area contributed by atoms with E-state index in [-0.39, 0.29) is 12.0 Å². The molecule has 0 radical (unpaired) electrons. The smallest absolute Gasteiger partial charge is 0.248 e. The number of rotatable bonds is 6. The number of ether oxygens (including phenoxy) is 1. The Morgan fingerprint density at radius 1 is 1.69 bits per heavy atom. The Balaban J connectivity index is 2.17. The quantitative estimate of drug-likeness (QED) is 0.704. The van der Waals surface area contributed by atoms with Crippen LogP contribution in [-0.4, -0.2) is 35.9 Å². The van der Waals surface area contributed by atoms with Crippen LogP contribution in [0, 0.1) is 6.92 Å². The number of hydrogen-bond donors (Lipinski definition) is 2. The zero-order valence-corrected chi connectivity index (χ0v) is 10.0. The molecule has 1 aromatic rings. The number of methoxy groups -OCH3 is 1. The first-order chi connectivity index (χ1) is 7.65. The largest absolute Gasteiger partial charge is 0.372 e. The van der Waals surface area contributed by atoms with Gasteiger partial charge in [0.15, 0.2) is 0 Å². The fraction of sp³-hybridized carbons (Fsp3) is 0.636. The van der Waals surface area contributed by atoms with Gasteiger partial charge in [0, 0.05) is 19.3 Å². The summed E-state index contributed by atoms with van der Waals surface area (Å²) in [6.07, 6.45) is 3.28. The van der Waals surface area contributed by atoms with Crippen LogP contribution in [0.2, 0.25) is 0 Å². The highest BCUT2D eigenvalue weighted by Gasteiger charge is 2.09. The summed E-state index contributed by atoms with van der Waals surface area (Å²) in [5.41, 5.74) is 2.30. The summed E-state index contributed by atoms with van der Waals surface area (Å²) in [7, 11) is 1.53. The summed E-state index contributed by atoms with van der Waals surface area (Å²) < 4.78 is 4.91. The lowest BCUT2D eigenvalue weighted by molar-refractivity contribution is -0.130. The molecule has 1 heterocycles. The van der Waals surface area contributed by atoms with E-state index in [1.165, 1.54) is 12.7 Å². The first-order valence-electron chi connectivity index (χ1n) is 5.44. The van der Waals surface area contributed by atoms with Gasteiger partial charge in [-0.3, -0.25) is 9.89 Å². The van der Waals surface area contributed by atoms with Crippen molar-refractivity contribution in [1.29, 1.82) is 0 Å². The summed E-state index contributed by atoms with van der Waals surface area (Å²) in [4.78, 5) is 11.3. The van der Waals surface area contributed by atoms with Gasteiger partial charge in [-0.2, -0.15) is 5.10 Å². The van der Waals surface area contributed by atoms with Crippen LogP contribution < -0.4 is 5.32 Å². The fourth-order valence-electron chi connectivity index (χ4n) is 1.37. The lowest BCUT2D eigenvalue weighted by Crippen LogP contribution is -2.34. The molecule has 1 atom stereocenters. The van der Waals surface area contributed by atoms with Gasteiger partial charge in [-0.25, -0.2) is 0 Å². The van der Waals surface area contributed by atoms with E-state index in [0.29, 0.717) is 6.54 Å². The molecule has 5 nitrogen and oxygen atoms in total. The van der Waals surface area contributed by atoms with Gasteiger partial charge in [-0.1, -0.05) is 0 Å². The van der Waals surface area contributed by atoms with Crippen molar-refractivity contribution in [3.8, 4) is 0 Å². The van der Waals surface area contributed by atoms with Gasteiger partial charge in [0.1, 0.15) is 6.10 Å². The summed E-state index contributed by atoms with van der Waals surface area (Å²) in [6, 6.07) is 0. The Labute approximate surface area is 95.6 Å². The van der Waals surface area contributed by atoms with E-state index in [0.717, 1.165) is 18.5 Å². The van der Waals surface area contributed by atoms with E-state index in [1.807, 2.05) is 13.1 Å². The number of nitrogens with zero attached hydrogens (tertiary/aromatic N) is 1. The van der Waals surface area contributed by atoms with Crippen molar-refractivity contribution in [2.24, 2.45) is 0 Å². The van der Waals surface area contributed by atoms with Crippen LogP contribution in [0.4, 0.5) is 0 Å². The molecule has 0 aliphatic rings. The number of hydrogen-bond acceptors (Lipinski definition) is 3. The summed E-state index contributed by atoms with van der Waals surface area (Å²) in [5.74, 6) is -0.0635. The third-order valence-electron chi connectivity index (χ3n) is 2.58. The van der Waals surface area contributed by atoms with E-state index in [2.05, 4.69) is 15.5 Å². The predicted molar refractivity (Wildman–Crippen MR) is 61.1 cm³/mol. The molecular formula is C11H19N3O2. The topological polar surface area (TPSA) is 67.0 Å². The first-order valence-corrected chi connectivity index (χ1v) is 5.44. The minimum absolute atomic E-state index is 0.0635. The minimum atomic E-state index is -0.379. The zero-order chi connectivity index (χ0) is 12.0. The Morgan fingerprint density at radius 2 is 2.44 bits per heavy atom. The summed E-state index contributed by atoms with van der Waals surface area (Å²) in [6.45, 7) is 4.39. The second-order valence-corrected chi connectivity index (χ2v) is 3.79. The highest BCUT2D eigenvalue weighted by atomic mass is 16.5. The van der Waals surface area contributed by atoms with Crippen LogP contribution in [0.25, 0.3) is 0 Å². The molecule has 0 saturated heterocycles. The van der Waals surface area contributed by atoms with Crippen LogP contribution >= 0.6 is 0 Å². The van der Waals surface area contributed by atoms with Crippen molar-refractivity contribution in [2.75, 3.05) is 13.7 Å². The molecule has 1 amide bonds. The summed E-state index contributed by atoms with van der Waals surface area (Å²) in [5, 5.41) is 9.65. The Kier molecular flexibility index (Phi) is 4.98. The number of aromatic amines is 1. The van der Waals surface area contributed by atoms with Crippen molar-refractivity contribution >= 4 is 5.91 Å². The van der Waals surface area contributed by atoms with Gasteiger partial charge >= 0.3 is 0 Å². The Bertz CT molecular complexity index is 336. The average molecular weight is 225 g/mol. The average Bonchev–Trinajstić information content (AvgIpc) is 2.69. The maximum Gasteiger partial charge on any atom is 0.248 e. The molecule has 0 fully saturated rings. The van der Waals surface area contributed by atoms with Gasteiger partial charge in [0.2, 0.25) is 5.91 Å². The molecule has 16 heavy (non-hydrogen) atoms. The molecule has 1 unspecified atom stereocenters. The number of carbonyl (C=O) groups is 1. The number of carbonyl (C=O) groups excluding carboxylic acids is 1. The number of aryl methyl sites for hydroxylation is 2. The molecule has 0 aliphatic carbocycles. The van der Waals surface area contributed by atoms with Crippen LogP contribution in [0.3, 0.4) is 0 Å². The maximum absolute atomic E-state index is 11.3. The Hall–Kier alpha value is -1.36. The molecular weight excluding hydrogens is 206 g/mol. The normalized spacial score (nSPS) is 12.4. The van der Waals surface area contributed by atoms with E-state index in [4.69, 9.17) is 4.74 Å². The van der Waals surface area contributed by atoms with Gasteiger partial charge in [0.25, 0.3) is 0 Å². The van der Waals surface area contributed by atoms with Crippen molar-refractivity contribution in [3.05, 3.63) is 17.5 Å². The van der Waals surface area contributed by atoms with E-state index in [1.54, 1.807) is 6.92 Å². The van der Waals surface area contributed by atoms with Crippen LogP contribution in [0.5, 0.6) is 0 Å². The lowest BCUT2D eigenvalue weighted by atomic mass is 10.1. The van der Waals surface area contributed by atoms with Gasteiger partial charge in [-0.15, -0.1) is 0 Å². The molecule has 1 aromatic heterocycles. The molecule has 0 aromatic carbocycles. The second-order valence-electron chi connectivity index (χ2n) is 3.79. The van der Waals surface area contributed by atoms with Crippen molar-refractivity contribution in [1.82, 2.24) is 15.5 Å². The van der Waals surface area contributed by atoms with Gasteiger partial charge in [-0.05, 0) is 32.3 Å². The molecule has 0 spiro atoms. The van der Waals surface area contributed by atoms with Crippen molar-refractivity contribution in [2.45, 2.75) is 32.8 Å². The van der Waals surface area contributed by atoms with Crippen molar-refractivity contribution in [3.63, 3.8) is 0 Å². The minimum Gasteiger partial charge on any atom is -0.372 e. The van der Waals surface area contributed by atoms with Crippen molar-refractivity contribution < 1.29 is 9.53 Å². The highest BCUT2D eigenvalue weighted by Crippen LogP contribution is 2.04. The second kappa shape index (κ2) is 6.27. The first kappa shape index (κ1) is 12.7. The van der Waals surface area contributed by atoms with E-state index >= 15 is 0 Å². The molecule has 5 heteroatoms. The van der Waals surface area contributed by atoms with Crippen LogP contribution in [-0.2, 0) is 16.0 Å². The number of nitrogens with one attached hydrogen (secondary N) is 2. The van der Waals surface area contributed by atoms with E-state index in [9.17, 15) is 4.79 Å². The molecule has 0 saturated carbocycles. The fourth-order valence-corrected chi connectivity index (χ4v) is 1.37. The molecule has 1 rings (SSSR count). The standard InChI is InChI=1S/C11H19N3O2/c1-8-10(7-13-14-8)5-4-6-12-11(15)9(2)16-3/h7,9H,4-6H2,1-3H3,(H,12,15)(H,13,14). The number of amides is 1. The SMILES string of the molecule is COC(C)C(=O)NCCCc1cn[nH]c1C. The Morgan fingerprint density at radius 3 is 3.00 bits per heavy atom. The van der Waals surface area contributed by atoms with Gasteiger partial charge in [0.05, 0.1) is 6.20 Å². The zero-order valence-electron chi connectivity index (χ0n) is 10.0. The molecule has 0 bridgehead atoms. The number of H-pyrrole nitrogens is 1. The summed E-state index contributed by atoms with van der Waals surface area (Å²) >= 11 is 0. The predicted octanol–water partition coefficient (Wildman–Crippen LogP) is 0.802.